The summed E-state index contributed by atoms with van der Waals surface area (Å²) in [6, 6.07) is 8.74. The van der Waals surface area contributed by atoms with Gasteiger partial charge in [0.05, 0.1) is 21.9 Å². The van der Waals surface area contributed by atoms with Crippen LogP contribution in [-0.2, 0) is 7.05 Å². The van der Waals surface area contributed by atoms with Crippen LogP contribution in [0.25, 0.3) is 21.1 Å². The second-order valence-corrected chi connectivity index (χ2v) is 7.03. The van der Waals surface area contributed by atoms with E-state index >= 15 is 0 Å². The third kappa shape index (κ3) is 2.37. The van der Waals surface area contributed by atoms with Gasteiger partial charge in [0.1, 0.15) is 5.82 Å². The summed E-state index contributed by atoms with van der Waals surface area (Å²) < 4.78 is 2.98. The lowest BCUT2D eigenvalue weighted by atomic mass is 10.2. The number of fused-ring (bicyclic) bond motifs is 2. The van der Waals surface area contributed by atoms with Crippen LogP contribution in [0.4, 0.5) is 17.5 Å². The van der Waals surface area contributed by atoms with E-state index in [2.05, 4.69) is 38.2 Å². The predicted octanol–water partition coefficient (Wildman–Crippen LogP) is 3.90. The van der Waals surface area contributed by atoms with Crippen molar-refractivity contribution in [2.24, 2.45) is 7.05 Å². The Morgan fingerprint density at radius 1 is 1.21 bits per heavy atom. The molecule has 120 valence electrons. The van der Waals surface area contributed by atoms with Gasteiger partial charge in [0.25, 0.3) is 0 Å². The van der Waals surface area contributed by atoms with Crippen LogP contribution in [0.5, 0.6) is 0 Å². The molecule has 1 fully saturated rings. The first-order chi connectivity index (χ1) is 11.8. The number of anilines is 3. The first-order valence-corrected chi connectivity index (χ1v) is 8.85. The summed E-state index contributed by atoms with van der Waals surface area (Å²) in [7, 11) is 1.94. The second kappa shape index (κ2) is 5.17. The first-order valence-electron chi connectivity index (χ1n) is 7.97. The summed E-state index contributed by atoms with van der Waals surface area (Å²) >= 11 is 1.68. The molecule has 2 N–H and O–H groups in total. The van der Waals surface area contributed by atoms with Crippen LogP contribution in [0.3, 0.4) is 0 Å². The minimum absolute atomic E-state index is 0.559. The van der Waals surface area contributed by atoms with Crippen LogP contribution >= 0.6 is 11.3 Å². The molecular formula is C17H16N6S. The quantitative estimate of drug-likeness (QED) is 0.592. The van der Waals surface area contributed by atoms with Crippen molar-refractivity contribution in [3.05, 3.63) is 35.8 Å². The molecule has 0 aliphatic heterocycles. The number of nitrogens with one attached hydrogen (secondary N) is 2. The average Bonchev–Trinajstić information content (AvgIpc) is 3.13. The first kappa shape index (κ1) is 13.7. The van der Waals surface area contributed by atoms with Gasteiger partial charge in [-0.15, -0.1) is 11.3 Å². The molecule has 0 atom stereocenters. The molecule has 1 aromatic carbocycles. The second-order valence-electron chi connectivity index (χ2n) is 6.12. The zero-order chi connectivity index (χ0) is 16.1. The zero-order valence-electron chi connectivity index (χ0n) is 13.2. The highest BCUT2D eigenvalue weighted by Gasteiger charge is 2.23. The normalized spacial score (nSPS) is 14.4. The van der Waals surface area contributed by atoms with E-state index in [9.17, 15) is 0 Å². The molecule has 0 spiro atoms. The Morgan fingerprint density at radius 2 is 2.12 bits per heavy atom. The Hall–Kier alpha value is -2.67. The van der Waals surface area contributed by atoms with Gasteiger partial charge in [0, 0.05) is 24.2 Å². The lowest BCUT2D eigenvalue weighted by Crippen LogP contribution is -2.06. The van der Waals surface area contributed by atoms with E-state index in [-0.39, 0.29) is 0 Å². The number of aromatic nitrogens is 4. The fourth-order valence-corrected chi connectivity index (χ4v) is 3.57. The molecule has 7 heteroatoms. The van der Waals surface area contributed by atoms with E-state index in [1.165, 1.54) is 12.8 Å². The highest BCUT2D eigenvalue weighted by Crippen LogP contribution is 2.32. The molecule has 0 radical (unpaired) electrons. The Bertz CT molecular complexity index is 1050. The van der Waals surface area contributed by atoms with E-state index in [0.717, 1.165) is 32.6 Å². The number of thiophene rings is 1. The molecule has 1 aliphatic carbocycles. The molecule has 3 aromatic heterocycles. The van der Waals surface area contributed by atoms with Crippen molar-refractivity contribution in [1.29, 1.82) is 0 Å². The summed E-state index contributed by atoms with van der Waals surface area (Å²) in [5, 5.41) is 14.3. The van der Waals surface area contributed by atoms with E-state index in [0.29, 0.717) is 12.0 Å². The topological polar surface area (TPSA) is 67.7 Å². The van der Waals surface area contributed by atoms with Gasteiger partial charge in [0.15, 0.2) is 0 Å². The van der Waals surface area contributed by atoms with Crippen LogP contribution in [0.2, 0.25) is 0 Å². The maximum atomic E-state index is 4.69. The van der Waals surface area contributed by atoms with E-state index in [1.54, 1.807) is 11.3 Å². The van der Waals surface area contributed by atoms with Gasteiger partial charge in [-0.2, -0.15) is 10.1 Å². The molecule has 4 aromatic rings. The number of nitrogens with zero attached hydrogens (tertiary/aromatic N) is 4. The molecular weight excluding hydrogens is 320 g/mol. The summed E-state index contributed by atoms with van der Waals surface area (Å²) in [5.74, 6) is 1.55. The smallest absolute Gasteiger partial charge is 0.229 e. The van der Waals surface area contributed by atoms with Gasteiger partial charge in [-0.25, -0.2) is 4.98 Å². The summed E-state index contributed by atoms with van der Waals surface area (Å²) in [6.45, 7) is 0. The lowest BCUT2D eigenvalue weighted by molar-refractivity contribution is 0.797. The Balaban J connectivity index is 1.53. The summed E-state index contributed by atoms with van der Waals surface area (Å²) in [4.78, 5) is 9.33. The van der Waals surface area contributed by atoms with Crippen molar-refractivity contribution in [1.82, 2.24) is 19.7 Å². The number of hydrogen-bond acceptors (Lipinski definition) is 6. The van der Waals surface area contributed by atoms with Crippen molar-refractivity contribution in [2.45, 2.75) is 18.9 Å². The van der Waals surface area contributed by atoms with Crippen molar-refractivity contribution in [2.75, 3.05) is 10.6 Å². The summed E-state index contributed by atoms with van der Waals surface area (Å²) in [6.07, 6.45) is 4.30. The minimum Gasteiger partial charge on any atom is -0.366 e. The highest BCUT2D eigenvalue weighted by molar-refractivity contribution is 7.17. The fraction of sp³-hybridized carbons (Fsp3) is 0.235. The highest BCUT2D eigenvalue weighted by atomic mass is 32.1. The maximum absolute atomic E-state index is 4.69. The molecule has 0 saturated heterocycles. The van der Waals surface area contributed by atoms with Crippen molar-refractivity contribution < 1.29 is 0 Å². The van der Waals surface area contributed by atoms with E-state index in [1.807, 2.05) is 30.1 Å². The third-order valence-corrected chi connectivity index (χ3v) is 5.14. The van der Waals surface area contributed by atoms with Gasteiger partial charge in [0.2, 0.25) is 5.95 Å². The SMILES string of the molecule is Cn1ncc2ccc(Nc3nc(NC4CC4)c4sccc4n3)cc21. The van der Waals surface area contributed by atoms with Crippen molar-refractivity contribution >= 4 is 49.9 Å². The Labute approximate surface area is 142 Å². The van der Waals surface area contributed by atoms with Gasteiger partial charge in [-0.1, -0.05) is 0 Å². The number of rotatable bonds is 4. The molecule has 5 rings (SSSR count). The van der Waals surface area contributed by atoms with E-state index < -0.39 is 0 Å². The standard InChI is InChI=1S/C17H16N6S/c1-23-14-8-12(3-2-10(14)9-18-23)20-17-21-13-6-7-24-15(13)16(22-17)19-11-4-5-11/h2-3,6-9,11H,4-5H2,1H3,(H2,19,20,21,22). The Kier molecular flexibility index (Phi) is 2.96. The molecule has 0 unspecified atom stereocenters. The molecule has 1 saturated carbocycles. The van der Waals surface area contributed by atoms with Gasteiger partial charge >= 0.3 is 0 Å². The molecule has 1 aliphatic rings. The van der Waals surface area contributed by atoms with Gasteiger partial charge in [-0.3, -0.25) is 4.68 Å². The van der Waals surface area contributed by atoms with Crippen LogP contribution in [0, 0.1) is 0 Å². The largest absolute Gasteiger partial charge is 0.366 e. The number of benzene rings is 1. The molecule has 3 heterocycles. The van der Waals surface area contributed by atoms with Crippen LogP contribution in [0.1, 0.15) is 12.8 Å². The molecule has 0 bridgehead atoms. The maximum Gasteiger partial charge on any atom is 0.229 e. The number of hydrogen-bond donors (Lipinski definition) is 2. The summed E-state index contributed by atoms with van der Waals surface area (Å²) in [5.41, 5.74) is 3.01. The third-order valence-electron chi connectivity index (χ3n) is 4.23. The number of aryl methyl sites for hydroxylation is 1. The zero-order valence-corrected chi connectivity index (χ0v) is 14.0. The van der Waals surface area contributed by atoms with E-state index in [4.69, 9.17) is 4.98 Å². The Morgan fingerprint density at radius 3 is 3.00 bits per heavy atom. The molecule has 24 heavy (non-hydrogen) atoms. The van der Waals surface area contributed by atoms with Crippen molar-refractivity contribution in [3.63, 3.8) is 0 Å². The van der Waals surface area contributed by atoms with Gasteiger partial charge in [-0.05, 0) is 42.5 Å². The fourth-order valence-electron chi connectivity index (χ4n) is 2.79. The predicted molar refractivity (Wildman–Crippen MR) is 98.1 cm³/mol. The molecule has 6 nitrogen and oxygen atoms in total. The van der Waals surface area contributed by atoms with Crippen LogP contribution in [-0.4, -0.2) is 25.8 Å². The average molecular weight is 336 g/mol. The molecule has 0 amide bonds. The minimum atomic E-state index is 0.559. The van der Waals surface area contributed by atoms with Crippen molar-refractivity contribution in [3.8, 4) is 0 Å². The van der Waals surface area contributed by atoms with Crippen LogP contribution < -0.4 is 10.6 Å². The monoisotopic (exact) mass is 336 g/mol. The lowest BCUT2D eigenvalue weighted by Gasteiger charge is -2.09. The van der Waals surface area contributed by atoms with Crippen LogP contribution in [0.15, 0.2) is 35.8 Å². The van der Waals surface area contributed by atoms with Gasteiger partial charge < -0.3 is 10.6 Å².